The van der Waals surface area contributed by atoms with Crippen LogP contribution in [0.2, 0.25) is 0 Å². The summed E-state index contributed by atoms with van der Waals surface area (Å²) < 4.78 is 2.42. The lowest BCUT2D eigenvalue weighted by Gasteiger charge is -2.34. The molecule has 0 amide bonds. The lowest BCUT2D eigenvalue weighted by molar-refractivity contribution is 0.431. The number of rotatable bonds is 4. The monoisotopic (exact) mass is 406 g/mol. The van der Waals surface area contributed by atoms with Gasteiger partial charge >= 0.3 is 0 Å². The number of nitrogens with zero attached hydrogens (tertiary/aromatic N) is 6. The van der Waals surface area contributed by atoms with E-state index in [9.17, 15) is 0 Å². The minimum Gasteiger partial charge on any atom is -0.369 e. The summed E-state index contributed by atoms with van der Waals surface area (Å²) in [5, 5.41) is 0. The molecule has 2 aliphatic heterocycles. The van der Waals surface area contributed by atoms with Gasteiger partial charge in [-0.2, -0.15) is 0 Å². The normalized spacial score (nSPS) is 18.0. The van der Waals surface area contributed by atoms with Crippen LogP contribution < -0.4 is 9.80 Å². The van der Waals surface area contributed by atoms with Crippen molar-refractivity contribution in [1.82, 2.24) is 19.3 Å². The quantitative estimate of drug-likeness (QED) is 0.613. The fraction of sp³-hybridized carbons (Fsp3) is 0.409. The summed E-state index contributed by atoms with van der Waals surface area (Å²) in [5.74, 6) is 0.973. The Morgan fingerprint density at radius 2 is 1.55 bits per heavy atom. The Hall–Kier alpha value is -2.38. The number of pyridine rings is 1. The van der Waals surface area contributed by atoms with Gasteiger partial charge in [-0.05, 0) is 37.3 Å². The van der Waals surface area contributed by atoms with E-state index in [1.54, 1.807) is 12.4 Å². The first-order valence-electron chi connectivity index (χ1n) is 10.3. The van der Waals surface area contributed by atoms with Crippen molar-refractivity contribution in [3.8, 4) is 11.3 Å². The lowest BCUT2D eigenvalue weighted by Crippen LogP contribution is -2.43. The molecule has 2 aliphatic rings. The minimum atomic E-state index is 0.904. The van der Waals surface area contributed by atoms with Crippen molar-refractivity contribution < 1.29 is 0 Å². The number of hydrogen-bond acceptors (Lipinski definition) is 7. The van der Waals surface area contributed by atoms with Crippen LogP contribution in [0.15, 0.2) is 42.7 Å². The summed E-state index contributed by atoms with van der Waals surface area (Å²) in [6.07, 6.45) is 8.10. The highest BCUT2D eigenvalue weighted by Crippen LogP contribution is 2.30. The van der Waals surface area contributed by atoms with Crippen molar-refractivity contribution in [2.24, 2.45) is 0 Å². The molecule has 0 radical (unpaired) electrons. The van der Waals surface area contributed by atoms with E-state index in [0.717, 1.165) is 67.4 Å². The van der Waals surface area contributed by atoms with E-state index in [2.05, 4.69) is 60.7 Å². The standard InChI is InChI=1S/C22H26N6S/c1-29-28-14-12-26(13-15-28)18-6-4-17(5-7-18)19-16-20-21(24-9-8-23-20)22(25-19)27-10-2-3-11-27/h4-9,16H,2-3,10-15H2,1H3. The Labute approximate surface area is 176 Å². The van der Waals surface area contributed by atoms with Crippen LogP contribution in [0.25, 0.3) is 22.3 Å². The molecule has 0 atom stereocenters. The van der Waals surface area contributed by atoms with Gasteiger partial charge in [0.25, 0.3) is 0 Å². The van der Waals surface area contributed by atoms with Crippen LogP contribution in [0.5, 0.6) is 0 Å². The Balaban J connectivity index is 1.45. The zero-order chi connectivity index (χ0) is 19.6. The first-order chi connectivity index (χ1) is 14.3. The number of aromatic nitrogens is 3. The van der Waals surface area contributed by atoms with Crippen LogP contribution in [0.1, 0.15) is 12.8 Å². The Morgan fingerprint density at radius 3 is 2.28 bits per heavy atom. The first kappa shape index (κ1) is 18.6. The molecule has 0 aliphatic carbocycles. The van der Waals surface area contributed by atoms with Crippen molar-refractivity contribution in [3.63, 3.8) is 0 Å². The molecule has 2 aromatic heterocycles. The molecule has 0 spiro atoms. The van der Waals surface area contributed by atoms with E-state index in [4.69, 9.17) is 4.98 Å². The van der Waals surface area contributed by atoms with E-state index in [1.807, 2.05) is 11.9 Å². The second-order valence-corrected chi connectivity index (χ2v) is 8.48. The van der Waals surface area contributed by atoms with E-state index >= 15 is 0 Å². The topological polar surface area (TPSA) is 48.4 Å². The average Bonchev–Trinajstić information content (AvgIpc) is 3.33. The van der Waals surface area contributed by atoms with Crippen molar-refractivity contribution >= 4 is 34.5 Å². The fourth-order valence-electron chi connectivity index (χ4n) is 4.22. The second kappa shape index (κ2) is 8.16. The molecule has 3 aromatic rings. The molecular formula is C22H26N6S. The van der Waals surface area contributed by atoms with Gasteiger partial charge < -0.3 is 9.80 Å². The van der Waals surface area contributed by atoms with Crippen molar-refractivity contribution in [3.05, 3.63) is 42.7 Å². The molecule has 2 saturated heterocycles. The van der Waals surface area contributed by atoms with Crippen molar-refractivity contribution in [2.45, 2.75) is 12.8 Å². The van der Waals surface area contributed by atoms with Crippen LogP contribution in [0, 0.1) is 0 Å². The predicted octanol–water partition coefficient (Wildman–Crippen LogP) is 3.69. The molecule has 0 bridgehead atoms. The summed E-state index contributed by atoms with van der Waals surface area (Å²) in [4.78, 5) is 19.0. The Kier molecular flexibility index (Phi) is 5.24. The van der Waals surface area contributed by atoms with Crippen molar-refractivity contribution in [2.75, 3.05) is 55.3 Å². The van der Waals surface area contributed by atoms with Crippen LogP contribution in [-0.4, -0.2) is 64.8 Å². The summed E-state index contributed by atoms with van der Waals surface area (Å²) in [6, 6.07) is 10.9. The molecule has 7 heteroatoms. The van der Waals surface area contributed by atoms with E-state index in [1.165, 1.54) is 18.5 Å². The van der Waals surface area contributed by atoms with Gasteiger partial charge in [0.05, 0.1) is 11.2 Å². The maximum Gasteiger partial charge on any atom is 0.157 e. The molecule has 1 aromatic carbocycles. The van der Waals surface area contributed by atoms with Crippen LogP contribution in [0.3, 0.4) is 0 Å². The van der Waals surface area contributed by atoms with Crippen molar-refractivity contribution in [1.29, 1.82) is 0 Å². The van der Waals surface area contributed by atoms with Gasteiger partial charge in [0.1, 0.15) is 5.52 Å². The van der Waals surface area contributed by atoms with E-state index < -0.39 is 0 Å². The van der Waals surface area contributed by atoms with Gasteiger partial charge in [-0.1, -0.05) is 24.1 Å². The number of benzene rings is 1. The van der Waals surface area contributed by atoms with Gasteiger partial charge in [0.2, 0.25) is 0 Å². The maximum atomic E-state index is 5.02. The van der Waals surface area contributed by atoms with Gasteiger partial charge in [0.15, 0.2) is 5.82 Å². The zero-order valence-electron chi connectivity index (χ0n) is 16.8. The molecule has 6 nitrogen and oxygen atoms in total. The molecule has 4 heterocycles. The highest BCUT2D eigenvalue weighted by atomic mass is 32.2. The molecule has 5 rings (SSSR count). The Morgan fingerprint density at radius 1 is 0.828 bits per heavy atom. The van der Waals surface area contributed by atoms with Gasteiger partial charge in [-0.15, -0.1) is 0 Å². The second-order valence-electron chi connectivity index (χ2n) is 7.59. The molecule has 2 fully saturated rings. The van der Waals surface area contributed by atoms with Crippen LogP contribution in [0.4, 0.5) is 11.5 Å². The van der Waals surface area contributed by atoms with Crippen LogP contribution in [-0.2, 0) is 0 Å². The van der Waals surface area contributed by atoms with Gasteiger partial charge in [-0.25, -0.2) is 14.3 Å². The third-order valence-electron chi connectivity index (χ3n) is 5.87. The number of anilines is 2. The average molecular weight is 407 g/mol. The van der Waals surface area contributed by atoms with E-state index in [-0.39, 0.29) is 0 Å². The summed E-state index contributed by atoms with van der Waals surface area (Å²) in [5.41, 5.74) is 5.20. The highest BCUT2D eigenvalue weighted by molar-refractivity contribution is 7.96. The minimum absolute atomic E-state index is 0.904. The van der Waals surface area contributed by atoms with E-state index in [0.29, 0.717) is 0 Å². The predicted molar refractivity (Wildman–Crippen MR) is 122 cm³/mol. The number of hydrogen-bond donors (Lipinski definition) is 0. The molecule has 29 heavy (non-hydrogen) atoms. The lowest BCUT2D eigenvalue weighted by atomic mass is 10.1. The third-order valence-corrected chi connectivity index (χ3v) is 6.75. The fourth-order valence-corrected chi connectivity index (χ4v) is 4.75. The summed E-state index contributed by atoms with van der Waals surface area (Å²) in [6.45, 7) is 6.44. The summed E-state index contributed by atoms with van der Waals surface area (Å²) >= 11 is 1.84. The molecule has 0 unspecified atom stereocenters. The molecular weight excluding hydrogens is 380 g/mol. The van der Waals surface area contributed by atoms with Crippen LogP contribution >= 0.6 is 11.9 Å². The Bertz CT molecular complexity index is 978. The largest absolute Gasteiger partial charge is 0.369 e. The smallest absolute Gasteiger partial charge is 0.157 e. The third kappa shape index (κ3) is 3.76. The molecule has 150 valence electrons. The zero-order valence-corrected chi connectivity index (χ0v) is 17.6. The first-order valence-corrected chi connectivity index (χ1v) is 11.5. The maximum absolute atomic E-state index is 5.02. The van der Waals surface area contributed by atoms with Gasteiger partial charge in [-0.3, -0.25) is 4.98 Å². The summed E-state index contributed by atoms with van der Waals surface area (Å²) in [7, 11) is 0. The SMILES string of the molecule is CSN1CCN(c2ccc(-c3cc4nccnc4c(N4CCCC4)n3)cc2)CC1. The number of fused-ring (bicyclic) bond motifs is 1. The molecule has 0 saturated carbocycles. The number of piperazine rings is 1. The van der Waals surface area contributed by atoms with Gasteiger partial charge in [0, 0.05) is 62.9 Å². The molecule has 0 N–H and O–H groups in total. The highest BCUT2D eigenvalue weighted by Gasteiger charge is 2.20.